The van der Waals surface area contributed by atoms with Gasteiger partial charge in [-0.3, -0.25) is 19.7 Å². The monoisotopic (exact) mass is 416 g/mol. The van der Waals surface area contributed by atoms with Crippen LogP contribution in [0.25, 0.3) is 0 Å². The molecule has 0 aromatic heterocycles. The highest BCUT2D eigenvalue weighted by Gasteiger charge is 2.20. The molecule has 152 valence electrons. The van der Waals surface area contributed by atoms with Gasteiger partial charge in [0.05, 0.1) is 4.92 Å². The lowest BCUT2D eigenvalue weighted by atomic mass is 10.1. The summed E-state index contributed by atoms with van der Waals surface area (Å²) >= 11 is 5.78. The largest absolute Gasteiger partial charge is 0.368 e. The Hall–Kier alpha value is -3.13. The van der Waals surface area contributed by atoms with E-state index in [1.807, 2.05) is 24.0 Å². The van der Waals surface area contributed by atoms with Crippen LogP contribution in [0.2, 0.25) is 5.02 Å². The smallest absolute Gasteiger partial charge is 0.288 e. The summed E-state index contributed by atoms with van der Waals surface area (Å²) in [7, 11) is 0. The third kappa shape index (κ3) is 4.83. The van der Waals surface area contributed by atoms with Gasteiger partial charge in [0.1, 0.15) is 5.02 Å². The van der Waals surface area contributed by atoms with Crippen LogP contribution in [0.3, 0.4) is 0 Å². The lowest BCUT2D eigenvalue weighted by Gasteiger charge is -2.36. The molecular formula is C20H21ClN4O4. The minimum atomic E-state index is -0.623. The number of hydrogen-bond donors (Lipinski definition) is 1. The van der Waals surface area contributed by atoms with Gasteiger partial charge in [0.25, 0.3) is 11.6 Å². The van der Waals surface area contributed by atoms with E-state index >= 15 is 0 Å². The molecule has 0 radical (unpaired) electrons. The van der Waals surface area contributed by atoms with Crippen LogP contribution in [0.5, 0.6) is 0 Å². The molecule has 2 amide bonds. The predicted octanol–water partition coefficient (Wildman–Crippen LogP) is 3.56. The number of hydrogen-bond acceptors (Lipinski definition) is 5. The van der Waals surface area contributed by atoms with Gasteiger partial charge < -0.3 is 15.1 Å². The van der Waals surface area contributed by atoms with Crippen molar-refractivity contribution >= 4 is 40.5 Å². The van der Waals surface area contributed by atoms with Crippen molar-refractivity contribution in [2.45, 2.75) is 13.3 Å². The van der Waals surface area contributed by atoms with Crippen LogP contribution in [0, 0.1) is 10.1 Å². The zero-order valence-corrected chi connectivity index (χ0v) is 16.7. The normalized spacial score (nSPS) is 13.9. The maximum atomic E-state index is 12.4. The number of carbonyl (C=O) groups excluding carboxylic acids is 2. The van der Waals surface area contributed by atoms with Gasteiger partial charge in [-0.25, -0.2) is 0 Å². The molecule has 2 aromatic rings. The first kappa shape index (κ1) is 20.6. The van der Waals surface area contributed by atoms with E-state index in [9.17, 15) is 19.7 Å². The number of rotatable bonds is 5. The summed E-state index contributed by atoms with van der Waals surface area (Å²) in [5.74, 6) is -0.283. The molecule has 0 aliphatic carbocycles. The number of benzene rings is 2. The van der Waals surface area contributed by atoms with E-state index in [0.29, 0.717) is 25.2 Å². The van der Waals surface area contributed by atoms with Crippen LogP contribution in [-0.4, -0.2) is 47.8 Å². The van der Waals surface area contributed by atoms with Crippen LogP contribution >= 0.6 is 11.6 Å². The lowest BCUT2D eigenvalue weighted by Crippen LogP contribution is -2.48. The first-order valence-electron chi connectivity index (χ1n) is 9.27. The number of amides is 2. The van der Waals surface area contributed by atoms with Crippen molar-refractivity contribution in [2.75, 3.05) is 36.4 Å². The van der Waals surface area contributed by atoms with Gasteiger partial charge in [-0.05, 0) is 36.4 Å². The van der Waals surface area contributed by atoms with Crippen LogP contribution in [0.15, 0.2) is 42.5 Å². The number of carbonyl (C=O) groups is 2. The molecule has 9 heteroatoms. The molecule has 2 aromatic carbocycles. The Morgan fingerprint density at radius 3 is 2.34 bits per heavy atom. The van der Waals surface area contributed by atoms with E-state index in [2.05, 4.69) is 10.2 Å². The number of anilines is 2. The predicted molar refractivity (Wildman–Crippen MR) is 112 cm³/mol. The standard InChI is InChI=1S/C20H21ClN4O4/c1-2-19(26)24-11-9-23(10-12-24)16-6-4-15(5-7-16)22-20(27)14-3-8-17(21)18(13-14)25(28)29/h3-8,13H,2,9-12H2,1H3,(H,22,27). The molecule has 1 aliphatic heterocycles. The molecule has 1 aliphatic rings. The summed E-state index contributed by atoms with van der Waals surface area (Å²) in [4.78, 5) is 38.6. The van der Waals surface area contributed by atoms with Crippen molar-refractivity contribution in [1.82, 2.24) is 4.90 Å². The quantitative estimate of drug-likeness (QED) is 0.593. The Bertz CT molecular complexity index is 925. The number of nitro benzene ring substituents is 1. The van der Waals surface area contributed by atoms with E-state index in [1.165, 1.54) is 12.1 Å². The van der Waals surface area contributed by atoms with Crippen molar-refractivity contribution in [3.8, 4) is 0 Å². The maximum Gasteiger partial charge on any atom is 0.288 e. The molecule has 1 heterocycles. The number of halogens is 1. The fourth-order valence-corrected chi connectivity index (χ4v) is 3.38. The summed E-state index contributed by atoms with van der Waals surface area (Å²) in [5.41, 5.74) is 1.43. The maximum absolute atomic E-state index is 12.4. The molecule has 0 spiro atoms. The number of nitrogens with one attached hydrogen (secondary N) is 1. The Morgan fingerprint density at radius 1 is 1.10 bits per heavy atom. The molecule has 1 saturated heterocycles. The van der Waals surface area contributed by atoms with E-state index in [1.54, 1.807) is 12.1 Å². The van der Waals surface area contributed by atoms with Crippen LogP contribution in [-0.2, 0) is 4.79 Å². The van der Waals surface area contributed by atoms with Gasteiger partial charge in [-0.2, -0.15) is 0 Å². The van der Waals surface area contributed by atoms with Gasteiger partial charge in [0.2, 0.25) is 5.91 Å². The average molecular weight is 417 g/mol. The molecule has 1 fully saturated rings. The van der Waals surface area contributed by atoms with E-state index < -0.39 is 10.8 Å². The fraction of sp³-hybridized carbons (Fsp3) is 0.300. The van der Waals surface area contributed by atoms with Crippen molar-refractivity contribution in [2.24, 2.45) is 0 Å². The number of nitrogens with zero attached hydrogens (tertiary/aromatic N) is 3. The number of piperazine rings is 1. The summed E-state index contributed by atoms with van der Waals surface area (Å²) in [6.07, 6.45) is 0.519. The highest BCUT2D eigenvalue weighted by atomic mass is 35.5. The first-order valence-corrected chi connectivity index (χ1v) is 9.65. The second-order valence-electron chi connectivity index (χ2n) is 6.65. The first-order chi connectivity index (χ1) is 13.9. The van der Waals surface area contributed by atoms with Crippen molar-refractivity contribution < 1.29 is 14.5 Å². The van der Waals surface area contributed by atoms with E-state index in [4.69, 9.17) is 11.6 Å². The molecule has 29 heavy (non-hydrogen) atoms. The van der Waals surface area contributed by atoms with E-state index in [0.717, 1.165) is 24.8 Å². The van der Waals surface area contributed by atoms with Crippen molar-refractivity contribution in [1.29, 1.82) is 0 Å². The van der Waals surface area contributed by atoms with Crippen molar-refractivity contribution in [3.63, 3.8) is 0 Å². The molecular weight excluding hydrogens is 396 g/mol. The highest BCUT2D eigenvalue weighted by Crippen LogP contribution is 2.26. The Balaban J connectivity index is 1.62. The summed E-state index contributed by atoms with van der Waals surface area (Å²) in [6, 6.07) is 11.3. The average Bonchev–Trinajstić information content (AvgIpc) is 2.74. The molecule has 1 N–H and O–H groups in total. The topological polar surface area (TPSA) is 95.8 Å². The third-order valence-electron chi connectivity index (χ3n) is 4.83. The molecule has 8 nitrogen and oxygen atoms in total. The van der Waals surface area contributed by atoms with E-state index in [-0.39, 0.29) is 22.2 Å². The zero-order chi connectivity index (χ0) is 21.0. The molecule has 0 atom stereocenters. The second-order valence-corrected chi connectivity index (χ2v) is 7.05. The number of nitro groups is 1. The van der Waals surface area contributed by atoms with Crippen LogP contribution in [0.4, 0.5) is 17.1 Å². The molecule has 0 unspecified atom stereocenters. The molecule has 3 rings (SSSR count). The van der Waals surface area contributed by atoms with Gasteiger partial charge in [-0.15, -0.1) is 0 Å². The SMILES string of the molecule is CCC(=O)N1CCN(c2ccc(NC(=O)c3ccc(Cl)c([N+](=O)[O-])c3)cc2)CC1. The summed E-state index contributed by atoms with van der Waals surface area (Å²) < 4.78 is 0. The van der Waals surface area contributed by atoms with Gasteiger partial charge >= 0.3 is 0 Å². The minimum absolute atomic E-state index is 0.0170. The lowest BCUT2D eigenvalue weighted by molar-refractivity contribution is -0.384. The molecule has 0 bridgehead atoms. The Morgan fingerprint density at radius 2 is 1.76 bits per heavy atom. The van der Waals surface area contributed by atoms with Gasteiger partial charge in [0.15, 0.2) is 0 Å². The Kier molecular flexibility index (Phi) is 6.33. The second kappa shape index (κ2) is 8.91. The van der Waals surface area contributed by atoms with Crippen LogP contribution < -0.4 is 10.2 Å². The summed E-state index contributed by atoms with van der Waals surface area (Å²) in [5, 5.41) is 13.7. The van der Waals surface area contributed by atoms with Crippen LogP contribution in [0.1, 0.15) is 23.7 Å². The fourth-order valence-electron chi connectivity index (χ4n) is 3.19. The minimum Gasteiger partial charge on any atom is -0.368 e. The zero-order valence-electron chi connectivity index (χ0n) is 15.9. The Labute approximate surface area is 173 Å². The van der Waals surface area contributed by atoms with Gasteiger partial charge in [-0.1, -0.05) is 18.5 Å². The van der Waals surface area contributed by atoms with Crippen molar-refractivity contribution in [3.05, 3.63) is 63.2 Å². The van der Waals surface area contributed by atoms with Gasteiger partial charge in [0, 0.05) is 55.6 Å². The summed E-state index contributed by atoms with van der Waals surface area (Å²) in [6.45, 7) is 4.77. The molecule has 0 saturated carbocycles. The highest BCUT2D eigenvalue weighted by molar-refractivity contribution is 6.32. The third-order valence-corrected chi connectivity index (χ3v) is 5.15.